The van der Waals surface area contributed by atoms with Gasteiger partial charge in [-0.15, -0.1) is 0 Å². The number of rotatable bonds is 3. The molecule has 0 spiro atoms. The van der Waals surface area contributed by atoms with E-state index in [1.165, 1.54) is 12.1 Å². The number of piperidine rings is 1. The SMILES string of the molecule is CN(C(=O)C1CCCN1C(=O)OC(C)(C)C)C1CCN(c2ccc(F)cc2)CC1. The number of hydrogen-bond acceptors (Lipinski definition) is 4. The van der Waals surface area contributed by atoms with Gasteiger partial charge in [-0.3, -0.25) is 9.69 Å². The Morgan fingerprint density at radius 1 is 1.07 bits per heavy atom. The number of hydrogen-bond donors (Lipinski definition) is 0. The van der Waals surface area contributed by atoms with Crippen LogP contribution in [0.15, 0.2) is 24.3 Å². The lowest BCUT2D eigenvalue weighted by atomic mass is 10.0. The molecule has 0 aromatic heterocycles. The maximum atomic E-state index is 13.1. The first-order chi connectivity index (χ1) is 13.7. The molecule has 160 valence electrons. The third-order valence-corrected chi connectivity index (χ3v) is 5.72. The van der Waals surface area contributed by atoms with Crippen LogP contribution in [0.3, 0.4) is 0 Å². The van der Waals surface area contributed by atoms with Gasteiger partial charge in [0, 0.05) is 38.4 Å². The Hall–Kier alpha value is -2.31. The molecule has 1 atom stereocenters. The summed E-state index contributed by atoms with van der Waals surface area (Å²) in [5, 5.41) is 0. The molecule has 0 saturated carbocycles. The van der Waals surface area contributed by atoms with Crippen molar-refractivity contribution in [3.63, 3.8) is 0 Å². The number of likely N-dealkylation sites (N-methyl/N-ethyl adjacent to an activating group) is 1. The number of carbonyl (C=O) groups excluding carboxylic acids is 2. The molecule has 0 aliphatic carbocycles. The van der Waals surface area contributed by atoms with E-state index in [1.807, 2.05) is 32.7 Å². The summed E-state index contributed by atoms with van der Waals surface area (Å²) in [6, 6.07) is 6.24. The molecule has 29 heavy (non-hydrogen) atoms. The fourth-order valence-electron chi connectivity index (χ4n) is 4.14. The van der Waals surface area contributed by atoms with Crippen LogP contribution in [0.25, 0.3) is 0 Å². The van der Waals surface area contributed by atoms with Gasteiger partial charge in [-0.1, -0.05) is 0 Å². The number of nitrogens with zero attached hydrogens (tertiary/aromatic N) is 3. The molecule has 1 aromatic carbocycles. The Balaban J connectivity index is 1.57. The Kier molecular flexibility index (Phi) is 6.34. The van der Waals surface area contributed by atoms with Crippen molar-refractivity contribution in [1.29, 1.82) is 0 Å². The second-order valence-electron chi connectivity index (χ2n) is 8.98. The van der Waals surface area contributed by atoms with Crippen LogP contribution >= 0.6 is 0 Å². The van der Waals surface area contributed by atoms with Crippen LogP contribution in [0.2, 0.25) is 0 Å². The van der Waals surface area contributed by atoms with Gasteiger partial charge in [0.1, 0.15) is 17.5 Å². The molecule has 7 heteroatoms. The maximum absolute atomic E-state index is 13.1. The Morgan fingerprint density at radius 3 is 2.28 bits per heavy atom. The first kappa shape index (κ1) is 21.4. The van der Waals surface area contributed by atoms with Gasteiger partial charge in [-0.05, 0) is 70.7 Å². The van der Waals surface area contributed by atoms with Crippen molar-refractivity contribution >= 4 is 17.7 Å². The van der Waals surface area contributed by atoms with Gasteiger partial charge in [0.25, 0.3) is 0 Å². The lowest BCUT2D eigenvalue weighted by Gasteiger charge is -2.39. The highest BCUT2D eigenvalue weighted by Gasteiger charge is 2.39. The predicted molar refractivity (Wildman–Crippen MR) is 110 cm³/mol. The average Bonchev–Trinajstić information content (AvgIpc) is 3.16. The Morgan fingerprint density at radius 2 is 1.69 bits per heavy atom. The Labute approximate surface area is 172 Å². The first-order valence-corrected chi connectivity index (χ1v) is 10.4. The van der Waals surface area contributed by atoms with Crippen molar-refractivity contribution in [3.05, 3.63) is 30.1 Å². The molecular formula is C22H32FN3O3. The number of carbonyl (C=O) groups is 2. The highest BCUT2D eigenvalue weighted by atomic mass is 19.1. The van der Waals surface area contributed by atoms with Gasteiger partial charge in [0.2, 0.25) is 5.91 Å². The van der Waals surface area contributed by atoms with E-state index in [9.17, 15) is 14.0 Å². The summed E-state index contributed by atoms with van der Waals surface area (Å²) in [7, 11) is 1.84. The standard InChI is InChI=1S/C22H32FN3O3/c1-22(2,3)29-21(28)26-13-5-6-19(26)20(27)24(4)17-11-14-25(15-12-17)18-9-7-16(23)8-10-18/h7-10,17,19H,5-6,11-15H2,1-4H3. The van der Waals surface area contributed by atoms with Crippen LogP contribution in [0.1, 0.15) is 46.5 Å². The molecule has 2 heterocycles. The molecule has 2 fully saturated rings. The number of anilines is 1. The zero-order valence-corrected chi connectivity index (χ0v) is 17.9. The van der Waals surface area contributed by atoms with E-state index in [-0.39, 0.29) is 17.8 Å². The zero-order valence-electron chi connectivity index (χ0n) is 17.9. The summed E-state index contributed by atoms with van der Waals surface area (Å²) in [6.07, 6.45) is 2.77. The summed E-state index contributed by atoms with van der Waals surface area (Å²) in [5.74, 6) is -0.242. The van der Waals surface area contributed by atoms with Crippen LogP contribution in [0.4, 0.5) is 14.9 Å². The minimum atomic E-state index is -0.577. The van der Waals surface area contributed by atoms with Crippen molar-refractivity contribution in [3.8, 4) is 0 Å². The fraction of sp³-hybridized carbons (Fsp3) is 0.636. The van der Waals surface area contributed by atoms with E-state index >= 15 is 0 Å². The van der Waals surface area contributed by atoms with Gasteiger partial charge >= 0.3 is 6.09 Å². The molecule has 2 saturated heterocycles. The van der Waals surface area contributed by atoms with Crippen molar-refractivity contribution < 1.29 is 18.7 Å². The smallest absolute Gasteiger partial charge is 0.410 e. The van der Waals surface area contributed by atoms with E-state index in [0.29, 0.717) is 13.0 Å². The molecule has 2 amide bonds. The van der Waals surface area contributed by atoms with Gasteiger partial charge in [-0.25, -0.2) is 9.18 Å². The third kappa shape index (κ3) is 5.19. The summed E-state index contributed by atoms with van der Waals surface area (Å²) in [6.45, 7) is 7.68. The van der Waals surface area contributed by atoms with Gasteiger partial charge in [0.15, 0.2) is 0 Å². The quantitative estimate of drug-likeness (QED) is 0.770. The summed E-state index contributed by atoms with van der Waals surface area (Å²) < 4.78 is 18.6. The predicted octanol–water partition coefficient (Wildman–Crippen LogP) is 3.65. The fourth-order valence-corrected chi connectivity index (χ4v) is 4.14. The van der Waals surface area contributed by atoms with Gasteiger partial charge in [0.05, 0.1) is 0 Å². The topological polar surface area (TPSA) is 53.1 Å². The Bertz CT molecular complexity index is 724. The maximum Gasteiger partial charge on any atom is 0.410 e. The number of likely N-dealkylation sites (tertiary alicyclic amines) is 1. The van der Waals surface area contributed by atoms with E-state index in [2.05, 4.69) is 4.90 Å². The molecule has 0 radical (unpaired) electrons. The largest absolute Gasteiger partial charge is 0.444 e. The first-order valence-electron chi connectivity index (χ1n) is 10.4. The van der Waals surface area contributed by atoms with Crippen molar-refractivity contribution in [2.24, 2.45) is 0 Å². The minimum absolute atomic E-state index is 0.00593. The highest BCUT2D eigenvalue weighted by Crippen LogP contribution is 2.26. The van der Waals surface area contributed by atoms with Gasteiger partial charge in [-0.2, -0.15) is 0 Å². The molecular weight excluding hydrogens is 373 g/mol. The number of benzene rings is 1. The summed E-state index contributed by atoms with van der Waals surface area (Å²) >= 11 is 0. The van der Waals surface area contributed by atoms with Crippen molar-refractivity contribution in [1.82, 2.24) is 9.80 Å². The molecule has 6 nitrogen and oxygen atoms in total. The van der Waals surface area contributed by atoms with Crippen molar-refractivity contribution in [2.45, 2.75) is 64.1 Å². The number of ether oxygens (including phenoxy) is 1. The summed E-state index contributed by atoms with van der Waals surface area (Å²) in [4.78, 5) is 31.2. The molecule has 1 unspecified atom stereocenters. The van der Waals surface area contributed by atoms with Crippen LogP contribution in [-0.4, -0.2) is 66.2 Å². The molecule has 0 N–H and O–H groups in total. The molecule has 2 aliphatic rings. The lowest BCUT2D eigenvalue weighted by molar-refractivity contribution is -0.137. The van der Waals surface area contributed by atoms with Crippen LogP contribution in [-0.2, 0) is 9.53 Å². The average molecular weight is 406 g/mol. The molecule has 2 aliphatic heterocycles. The van der Waals surface area contributed by atoms with Crippen LogP contribution in [0, 0.1) is 5.82 Å². The summed E-state index contributed by atoms with van der Waals surface area (Å²) in [5.41, 5.74) is 0.428. The van der Waals surface area contributed by atoms with E-state index in [1.54, 1.807) is 17.0 Å². The van der Waals surface area contributed by atoms with Crippen molar-refractivity contribution in [2.75, 3.05) is 31.6 Å². The third-order valence-electron chi connectivity index (χ3n) is 5.72. The minimum Gasteiger partial charge on any atom is -0.444 e. The number of halogens is 1. The number of amides is 2. The zero-order chi connectivity index (χ0) is 21.2. The highest BCUT2D eigenvalue weighted by molar-refractivity contribution is 5.86. The normalized spacial score (nSPS) is 20.7. The van der Waals surface area contributed by atoms with Crippen LogP contribution < -0.4 is 4.90 Å². The molecule has 0 bridgehead atoms. The molecule has 1 aromatic rings. The van der Waals surface area contributed by atoms with Crippen LogP contribution in [0.5, 0.6) is 0 Å². The monoisotopic (exact) mass is 405 g/mol. The molecule has 3 rings (SSSR count). The lowest BCUT2D eigenvalue weighted by Crippen LogP contribution is -2.52. The second-order valence-corrected chi connectivity index (χ2v) is 8.98. The van der Waals surface area contributed by atoms with E-state index < -0.39 is 17.7 Å². The van der Waals surface area contributed by atoms with Gasteiger partial charge < -0.3 is 14.5 Å². The van der Waals surface area contributed by atoms with E-state index in [0.717, 1.165) is 38.0 Å². The second kappa shape index (κ2) is 8.59. The van der Waals surface area contributed by atoms with E-state index in [4.69, 9.17) is 4.74 Å².